The molecule has 0 fully saturated rings. The molecule has 0 spiro atoms. The molecule has 0 radical (unpaired) electrons. The minimum atomic E-state index is -0.414. The molecule has 0 aromatic heterocycles. The van der Waals surface area contributed by atoms with Crippen molar-refractivity contribution in [2.45, 2.75) is 18.5 Å². The number of aliphatic hydroxyl groups excluding tert-OH is 1. The van der Waals surface area contributed by atoms with Crippen molar-refractivity contribution >= 4 is 0 Å². The quantitative estimate of drug-likeness (QED) is 0.361. The minimum Gasteiger partial charge on any atom is -0.396 e. The number of azide groups is 1. The zero-order chi connectivity index (χ0) is 8.16. The first-order valence-corrected chi connectivity index (χ1v) is 3.39. The molecule has 60 valence electrons. The molecular formula is C5H9N5O. The molecule has 0 amide bonds. The maximum Gasteiger partial charge on any atom is 0.193 e. The molecule has 6 nitrogen and oxygen atoms in total. The Morgan fingerprint density at radius 1 is 1.45 bits per heavy atom. The maximum atomic E-state index is 8.57. The Morgan fingerprint density at radius 3 is 2.64 bits per heavy atom. The van der Waals surface area contributed by atoms with Gasteiger partial charge >= 0.3 is 0 Å². The Hall–Kier alpha value is -1.13. The predicted octanol–water partition coefficient (Wildman–Crippen LogP) is 1.23. The van der Waals surface area contributed by atoms with Gasteiger partial charge in [-0.05, 0) is 5.53 Å². The van der Waals surface area contributed by atoms with E-state index in [0.717, 1.165) is 0 Å². The summed E-state index contributed by atoms with van der Waals surface area (Å²) in [6.07, 6.45) is 1.14. The standard InChI is InChI=1S/C5H9N5O/c6-10-7-3-1-5(2-4-11)8-9-5/h11H,1-4H2. The van der Waals surface area contributed by atoms with E-state index in [9.17, 15) is 0 Å². The van der Waals surface area contributed by atoms with Gasteiger partial charge in [-0.15, -0.1) is 0 Å². The van der Waals surface area contributed by atoms with Gasteiger partial charge in [0.15, 0.2) is 5.66 Å². The minimum absolute atomic E-state index is 0.0727. The summed E-state index contributed by atoms with van der Waals surface area (Å²) in [4.78, 5) is 2.61. The number of nitrogens with zero attached hydrogens (tertiary/aromatic N) is 5. The van der Waals surface area contributed by atoms with Gasteiger partial charge in [-0.2, -0.15) is 10.2 Å². The van der Waals surface area contributed by atoms with Crippen molar-refractivity contribution in [3.63, 3.8) is 0 Å². The first kappa shape index (κ1) is 7.97. The Balaban J connectivity index is 2.19. The molecule has 1 heterocycles. The van der Waals surface area contributed by atoms with Crippen LogP contribution in [-0.4, -0.2) is 23.9 Å². The van der Waals surface area contributed by atoms with Crippen LogP contribution in [0.5, 0.6) is 0 Å². The summed E-state index contributed by atoms with van der Waals surface area (Å²) in [6, 6.07) is 0. The second kappa shape index (κ2) is 3.32. The second-order valence-electron chi connectivity index (χ2n) is 2.36. The molecule has 0 aromatic rings. The molecule has 0 atom stereocenters. The van der Waals surface area contributed by atoms with Gasteiger partial charge in [0.25, 0.3) is 0 Å². The van der Waals surface area contributed by atoms with Gasteiger partial charge in [0.2, 0.25) is 0 Å². The average molecular weight is 155 g/mol. The maximum absolute atomic E-state index is 8.57. The number of hydrogen-bond acceptors (Lipinski definition) is 4. The molecule has 1 aliphatic heterocycles. The van der Waals surface area contributed by atoms with E-state index in [1.54, 1.807) is 0 Å². The fraction of sp³-hybridized carbons (Fsp3) is 1.00. The molecule has 0 bridgehead atoms. The van der Waals surface area contributed by atoms with Crippen LogP contribution in [0.4, 0.5) is 0 Å². The van der Waals surface area contributed by atoms with Crippen LogP contribution < -0.4 is 0 Å². The van der Waals surface area contributed by atoms with Crippen molar-refractivity contribution in [1.29, 1.82) is 0 Å². The van der Waals surface area contributed by atoms with E-state index in [1.165, 1.54) is 0 Å². The fourth-order valence-corrected chi connectivity index (χ4v) is 0.849. The van der Waals surface area contributed by atoms with E-state index in [0.29, 0.717) is 19.4 Å². The predicted molar refractivity (Wildman–Crippen MR) is 37.9 cm³/mol. The summed E-state index contributed by atoms with van der Waals surface area (Å²) < 4.78 is 0. The van der Waals surface area contributed by atoms with Crippen molar-refractivity contribution in [2.75, 3.05) is 13.2 Å². The SMILES string of the molecule is [N-]=[N+]=NCCC1(CCO)N=N1. The Kier molecular flexibility index (Phi) is 2.40. The third-order valence-electron chi connectivity index (χ3n) is 1.57. The lowest BCUT2D eigenvalue weighted by Crippen LogP contribution is -2.13. The van der Waals surface area contributed by atoms with Gasteiger partial charge in [-0.25, -0.2) is 0 Å². The number of rotatable bonds is 5. The van der Waals surface area contributed by atoms with Crippen LogP contribution in [0.25, 0.3) is 10.4 Å². The highest BCUT2D eigenvalue weighted by molar-refractivity contribution is 4.93. The molecule has 11 heavy (non-hydrogen) atoms. The highest BCUT2D eigenvalue weighted by Crippen LogP contribution is 2.34. The summed E-state index contributed by atoms with van der Waals surface area (Å²) in [6.45, 7) is 0.465. The third kappa shape index (κ3) is 2.18. The average Bonchev–Trinajstić information content (AvgIpc) is 2.71. The lowest BCUT2D eigenvalue weighted by molar-refractivity contribution is 0.263. The zero-order valence-corrected chi connectivity index (χ0v) is 6.01. The van der Waals surface area contributed by atoms with Crippen molar-refractivity contribution < 1.29 is 5.11 Å². The summed E-state index contributed by atoms with van der Waals surface area (Å²) >= 11 is 0. The van der Waals surface area contributed by atoms with Gasteiger partial charge in [0.1, 0.15) is 0 Å². The summed E-state index contributed by atoms with van der Waals surface area (Å²) in [5, 5.41) is 19.5. The molecule has 1 N–H and O–H groups in total. The summed E-state index contributed by atoms with van der Waals surface area (Å²) in [5.41, 5.74) is 7.55. The number of hydrogen-bond donors (Lipinski definition) is 1. The highest BCUT2D eigenvalue weighted by atomic mass is 16.3. The van der Waals surface area contributed by atoms with E-state index in [4.69, 9.17) is 10.6 Å². The van der Waals surface area contributed by atoms with E-state index in [-0.39, 0.29) is 6.61 Å². The van der Waals surface area contributed by atoms with Crippen molar-refractivity contribution in [2.24, 2.45) is 15.3 Å². The van der Waals surface area contributed by atoms with Crippen LogP contribution in [0.3, 0.4) is 0 Å². The largest absolute Gasteiger partial charge is 0.396 e. The lowest BCUT2D eigenvalue weighted by atomic mass is 10.1. The first-order chi connectivity index (χ1) is 5.33. The van der Waals surface area contributed by atoms with Crippen LogP contribution in [-0.2, 0) is 0 Å². The second-order valence-corrected chi connectivity index (χ2v) is 2.36. The van der Waals surface area contributed by atoms with Crippen molar-refractivity contribution in [1.82, 2.24) is 0 Å². The van der Waals surface area contributed by atoms with Gasteiger partial charge in [0.05, 0.1) is 0 Å². The van der Waals surface area contributed by atoms with Gasteiger partial charge in [-0.1, -0.05) is 5.11 Å². The van der Waals surface area contributed by atoms with Crippen LogP contribution in [0, 0.1) is 0 Å². The monoisotopic (exact) mass is 155 g/mol. The molecule has 0 aliphatic carbocycles. The summed E-state index contributed by atoms with van der Waals surface area (Å²) in [5.74, 6) is 0. The molecule has 0 saturated carbocycles. The zero-order valence-electron chi connectivity index (χ0n) is 6.01. The van der Waals surface area contributed by atoms with E-state index in [1.807, 2.05) is 0 Å². The van der Waals surface area contributed by atoms with Crippen LogP contribution in [0.2, 0.25) is 0 Å². The number of aliphatic hydroxyl groups is 1. The van der Waals surface area contributed by atoms with Gasteiger partial charge in [0, 0.05) is 30.9 Å². The molecule has 0 unspecified atom stereocenters. The lowest BCUT2D eigenvalue weighted by Gasteiger charge is -2.04. The van der Waals surface area contributed by atoms with E-state index < -0.39 is 5.66 Å². The highest BCUT2D eigenvalue weighted by Gasteiger charge is 2.38. The third-order valence-corrected chi connectivity index (χ3v) is 1.57. The molecular weight excluding hydrogens is 146 g/mol. The first-order valence-electron chi connectivity index (χ1n) is 3.39. The molecule has 0 aromatic carbocycles. The summed E-state index contributed by atoms with van der Waals surface area (Å²) in [7, 11) is 0. The van der Waals surface area contributed by atoms with E-state index in [2.05, 4.69) is 20.3 Å². The molecule has 6 heteroatoms. The van der Waals surface area contributed by atoms with Crippen LogP contribution >= 0.6 is 0 Å². The van der Waals surface area contributed by atoms with Crippen LogP contribution in [0.1, 0.15) is 12.8 Å². The van der Waals surface area contributed by atoms with E-state index >= 15 is 0 Å². The molecule has 1 rings (SSSR count). The van der Waals surface area contributed by atoms with Crippen LogP contribution in [0.15, 0.2) is 15.3 Å². The molecule has 1 aliphatic rings. The smallest absolute Gasteiger partial charge is 0.193 e. The van der Waals surface area contributed by atoms with Crippen molar-refractivity contribution in [3.05, 3.63) is 10.4 Å². The van der Waals surface area contributed by atoms with Crippen molar-refractivity contribution in [3.8, 4) is 0 Å². The Labute approximate surface area is 63.6 Å². The normalized spacial score (nSPS) is 17.5. The van der Waals surface area contributed by atoms with Gasteiger partial charge < -0.3 is 5.11 Å². The van der Waals surface area contributed by atoms with Gasteiger partial charge in [-0.3, -0.25) is 0 Å². The molecule has 0 saturated heterocycles. The Bertz CT molecular complexity index is 201. The fourth-order valence-electron chi connectivity index (χ4n) is 0.849. The topological polar surface area (TPSA) is 93.7 Å². The Morgan fingerprint density at radius 2 is 2.18 bits per heavy atom.